The van der Waals surface area contributed by atoms with Gasteiger partial charge in [0.2, 0.25) is 0 Å². The topological polar surface area (TPSA) is 44.3 Å². The maximum Gasteiger partial charge on any atom is 0.263 e. The molecule has 0 bridgehead atoms. The number of aromatic nitrogens is 1. The summed E-state index contributed by atoms with van der Waals surface area (Å²) >= 11 is 1.61. The number of nitriles is 1. The minimum atomic E-state index is -0.323. The number of nitrogens with zero attached hydrogens (tertiary/aromatic N) is 4. The van der Waals surface area contributed by atoms with Crippen LogP contribution in [0.2, 0.25) is 0 Å². The number of pyridine rings is 1. The minimum absolute atomic E-state index is 0.0963. The molecule has 4 nitrogen and oxygen atoms in total. The number of hydrogen-bond donors (Lipinski definition) is 0. The largest absolute Gasteiger partial charge is 0.295 e. The first-order chi connectivity index (χ1) is 20.2. The van der Waals surface area contributed by atoms with Gasteiger partial charge in [0.1, 0.15) is 5.82 Å². The summed E-state index contributed by atoms with van der Waals surface area (Å²) in [5.41, 5.74) is 11.4. The van der Waals surface area contributed by atoms with Crippen LogP contribution < -0.4 is 4.90 Å². The summed E-state index contributed by atoms with van der Waals surface area (Å²) in [6.07, 6.45) is 1.68. The van der Waals surface area contributed by atoms with Crippen LogP contribution in [0.1, 0.15) is 46.7 Å². The third kappa shape index (κ3) is 4.59. The highest BCUT2D eigenvalue weighted by Gasteiger charge is 2.39. The highest BCUT2D eigenvalue weighted by atomic mass is 32.1. The van der Waals surface area contributed by atoms with Crippen molar-refractivity contribution in [3.05, 3.63) is 135 Å². The van der Waals surface area contributed by atoms with Crippen molar-refractivity contribution in [3.63, 3.8) is 0 Å². The molecule has 0 aliphatic heterocycles. The van der Waals surface area contributed by atoms with Crippen LogP contribution in [0, 0.1) is 38.7 Å². The average Bonchev–Trinajstić information content (AvgIpc) is 3.51. The van der Waals surface area contributed by atoms with Crippen LogP contribution in [0.3, 0.4) is 0 Å². The molecule has 2 heterocycles. The molecule has 3 aromatic carbocycles. The molecule has 1 aliphatic carbocycles. The molecule has 0 N–H and O–H groups in total. The van der Waals surface area contributed by atoms with Crippen molar-refractivity contribution in [1.82, 2.24) is 4.98 Å². The molecule has 204 valence electrons. The lowest BCUT2D eigenvalue weighted by atomic mass is 9.86. The normalized spacial score (nSPS) is 13.2. The monoisotopic (exact) mass is 562 g/mol. The van der Waals surface area contributed by atoms with Crippen LogP contribution in [0.25, 0.3) is 32.5 Å². The van der Waals surface area contributed by atoms with Crippen LogP contribution in [0.5, 0.6) is 0 Å². The maximum absolute atomic E-state index is 9.25. The summed E-state index contributed by atoms with van der Waals surface area (Å²) in [4.78, 5) is 13.0. The van der Waals surface area contributed by atoms with E-state index in [2.05, 4.69) is 123 Å². The lowest BCUT2D eigenvalue weighted by Gasteiger charge is -2.28. The smallest absolute Gasteiger partial charge is 0.263 e. The van der Waals surface area contributed by atoms with Gasteiger partial charge in [-0.1, -0.05) is 56.3 Å². The van der Waals surface area contributed by atoms with Crippen molar-refractivity contribution in [2.24, 2.45) is 0 Å². The lowest BCUT2D eigenvalue weighted by Crippen LogP contribution is -2.19. The quantitative estimate of drug-likeness (QED) is 0.158. The molecule has 0 spiro atoms. The second kappa shape index (κ2) is 10.5. The highest BCUT2D eigenvalue weighted by Crippen LogP contribution is 2.53. The first-order valence-electron chi connectivity index (χ1n) is 13.9. The standard InChI is InChI=1S/C37H30N4S/c1-23-18-30(19-24(2)25(23)3)41(29-14-12-27(13-15-29)26-10-8-7-9-11-26)34-17-16-32-35-33(37(4,5)36(32)40-34)21-31(42-35)20-28(22-38)39-6/h7-21H,1-5H3/b28-20-. The first kappa shape index (κ1) is 27.2. The summed E-state index contributed by atoms with van der Waals surface area (Å²) < 4.78 is 0. The molecule has 5 heteroatoms. The molecular formula is C37H30N4S. The summed E-state index contributed by atoms with van der Waals surface area (Å²) in [6.45, 7) is 18.1. The zero-order chi connectivity index (χ0) is 29.6. The van der Waals surface area contributed by atoms with Crippen LogP contribution in [0.15, 0.2) is 90.6 Å². The van der Waals surface area contributed by atoms with Gasteiger partial charge < -0.3 is 0 Å². The van der Waals surface area contributed by atoms with Crippen LogP contribution in [-0.2, 0) is 5.41 Å². The van der Waals surface area contributed by atoms with E-state index in [-0.39, 0.29) is 11.1 Å². The number of benzene rings is 3. The molecule has 0 unspecified atom stereocenters. The lowest BCUT2D eigenvalue weighted by molar-refractivity contribution is 0.638. The Morgan fingerprint density at radius 3 is 2.21 bits per heavy atom. The van der Waals surface area contributed by atoms with Crippen molar-refractivity contribution in [2.45, 2.75) is 40.0 Å². The molecule has 0 fully saturated rings. The van der Waals surface area contributed by atoms with E-state index in [1.807, 2.05) is 12.1 Å². The van der Waals surface area contributed by atoms with Gasteiger partial charge in [-0.15, -0.1) is 11.3 Å². The summed E-state index contributed by atoms with van der Waals surface area (Å²) in [5.74, 6) is 0.868. The molecule has 42 heavy (non-hydrogen) atoms. The third-order valence-corrected chi connectivity index (χ3v) is 9.40. The Bertz CT molecular complexity index is 1910. The maximum atomic E-state index is 9.25. The van der Waals surface area contributed by atoms with Crippen molar-refractivity contribution < 1.29 is 0 Å². The number of fused-ring (bicyclic) bond motifs is 3. The van der Waals surface area contributed by atoms with E-state index in [0.717, 1.165) is 38.2 Å². The number of allylic oxidation sites excluding steroid dienone is 1. The number of rotatable bonds is 5. The van der Waals surface area contributed by atoms with E-state index < -0.39 is 0 Å². The molecule has 0 atom stereocenters. The molecule has 0 saturated carbocycles. The van der Waals surface area contributed by atoms with Gasteiger partial charge in [-0.05, 0) is 103 Å². The van der Waals surface area contributed by atoms with E-state index in [9.17, 15) is 5.26 Å². The van der Waals surface area contributed by atoms with Gasteiger partial charge in [0.05, 0.1) is 18.3 Å². The molecule has 2 aromatic heterocycles. The van der Waals surface area contributed by atoms with Crippen molar-refractivity contribution in [1.29, 1.82) is 5.26 Å². The van der Waals surface area contributed by atoms with E-state index in [4.69, 9.17) is 11.6 Å². The van der Waals surface area contributed by atoms with Gasteiger partial charge >= 0.3 is 0 Å². The SMILES string of the molecule is [C-]#[N+]/C(C#N)=C\c1cc2c(s1)-c1ccc(N(c3ccc(-c4ccccc4)cc3)c3cc(C)c(C)c(C)c3)nc1C2(C)C. The summed E-state index contributed by atoms with van der Waals surface area (Å²) in [7, 11) is 0. The van der Waals surface area contributed by atoms with E-state index in [0.29, 0.717) is 0 Å². The van der Waals surface area contributed by atoms with E-state index >= 15 is 0 Å². The fourth-order valence-corrected chi connectivity index (χ4v) is 7.00. The fourth-order valence-electron chi connectivity index (χ4n) is 5.72. The Morgan fingerprint density at radius 2 is 1.57 bits per heavy atom. The molecule has 5 aromatic rings. The number of aryl methyl sites for hydroxylation is 2. The van der Waals surface area contributed by atoms with Gasteiger partial charge in [-0.3, -0.25) is 4.90 Å². The van der Waals surface area contributed by atoms with Crippen molar-refractivity contribution in [3.8, 4) is 27.6 Å². The number of thiophene rings is 1. The summed E-state index contributed by atoms with van der Waals surface area (Å²) in [6, 6.07) is 32.0. The molecular weight excluding hydrogens is 533 g/mol. The second-order valence-corrected chi connectivity index (χ2v) is 12.4. The minimum Gasteiger partial charge on any atom is -0.295 e. The predicted octanol–water partition coefficient (Wildman–Crippen LogP) is 10.3. The van der Waals surface area contributed by atoms with Gasteiger partial charge in [-0.25, -0.2) is 15.1 Å². The Balaban J connectivity index is 1.48. The first-order valence-corrected chi connectivity index (χ1v) is 14.7. The Morgan fingerprint density at radius 1 is 0.905 bits per heavy atom. The van der Waals surface area contributed by atoms with Crippen molar-refractivity contribution in [2.75, 3.05) is 4.90 Å². The second-order valence-electron chi connectivity index (χ2n) is 11.3. The third-order valence-electron chi connectivity index (χ3n) is 8.29. The van der Waals surface area contributed by atoms with Gasteiger partial charge in [0.25, 0.3) is 5.70 Å². The molecule has 0 saturated heterocycles. The van der Waals surface area contributed by atoms with Crippen LogP contribution in [-0.4, -0.2) is 4.98 Å². The Labute approximate surface area is 251 Å². The summed E-state index contributed by atoms with van der Waals surface area (Å²) in [5, 5.41) is 9.25. The van der Waals surface area contributed by atoms with E-state index in [1.165, 1.54) is 33.4 Å². The zero-order valence-electron chi connectivity index (χ0n) is 24.4. The van der Waals surface area contributed by atoms with Gasteiger partial charge in [0.15, 0.2) is 0 Å². The van der Waals surface area contributed by atoms with E-state index in [1.54, 1.807) is 17.4 Å². The van der Waals surface area contributed by atoms with Crippen LogP contribution in [0.4, 0.5) is 17.2 Å². The highest BCUT2D eigenvalue weighted by molar-refractivity contribution is 7.16. The average molecular weight is 563 g/mol. The Kier molecular flexibility index (Phi) is 6.77. The molecule has 6 rings (SSSR count). The zero-order valence-corrected chi connectivity index (χ0v) is 25.2. The molecule has 1 aliphatic rings. The predicted molar refractivity (Wildman–Crippen MR) is 174 cm³/mol. The van der Waals surface area contributed by atoms with Crippen LogP contribution >= 0.6 is 11.3 Å². The Hall–Kier alpha value is -4.97. The molecule has 0 amide bonds. The number of anilines is 3. The van der Waals surface area contributed by atoms with Gasteiger partial charge in [0, 0.05) is 32.1 Å². The van der Waals surface area contributed by atoms with Crippen molar-refractivity contribution >= 4 is 34.6 Å². The fraction of sp³-hybridized carbons (Fsp3) is 0.162. The molecule has 0 radical (unpaired) electrons. The van der Waals surface area contributed by atoms with Gasteiger partial charge in [-0.2, -0.15) is 0 Å². The number of hydrogen-bond acceptors (Lipinski definition) is 4.